The van der Waals surface area contributed by atoms with Gasteiger partial charge in [0.2, 0.25) is 5.91 Å². The van der Waals surface area contributed by atoms with Crippen LogP contribution < -0.4 is 0 Å². The first kappa shape index (κ1) is 9.45. The average Bonchev–Trinajstić information content (AvgIpc) is 2.64. The highest BCUT2D eigenvalue weighted by molar-refractivity contribution is 5.92. The number of aliphatic hydroxyl groups excluding tert-OH is 1. The number of methoxy groups -OCH3 is 1. The van der Waals surface area contributed by atoms with Gasteiger partial charge in [0.15, 0.2) is 0 Å². The molecule has 1 N–H and O–H groups in total. The first-order valence-corrected chi connectivity index (χ1v) is 4.67. The number of amides is 1. The van der Waals surface area contributed by atoms with Crippen molar-refractivity contribution in [1.29, 1.82) is 0 Å². The summed E-state index contributed by atoms with van der Waals surface area (Å²) in [6, 6.07) is 0. The largest absolute Gasteiger partial charge is 0.467 e. The zero-order chi connectivity index (χ0) is 10.3. The Labute approximate surface area is 81.6 Å². The van der Waals surface area contributed by atoms with Crippen LogP contribution in [-0.2, 0) is 14.3 Å². The van der Waals surface area contributed by atoms with Gasteiger partial charge in [0, 0.05) is 19.4 Å². The molecule has 0 aromatic heterocycles. The molecule has 1 amide bonds. The molecule has 2 rings (SSSR count). The summed E-state index contributed by atoms with van der Waals surface area (Å²) in [6.45, 7) is 0.258. The van der Waals surface area contributed by atoms with Crippen molar-refractivity contribution in [2.45, 2.75) is 30.9 Å². The predicted molar refractivity (Wildman–Crippen MR) is 46.3 cm³/mol. The zero-order valence-electron chi connectivity index (χ0n) is 8.02. The maximum absolute atomic E-state index is 11.6. The molecule has 0 aliphatic carbocycles. The van der Waals surface area contributed by atoms with E-state index in [0.717, 1.165) is 0 Å². The highest BCUT2D eigenvalue weighted by atomic mass is 16.5. The van der Waals surface area contributed by atoms with E-state index in [2.05, 4.69) is 0 Å². The molecule has 5 nitrogen and oxygen atoms in total. The van der Waals surface area contributed by atoms with Crippen LogP contribution in [0.3, 0.4) is 0 Å². The van der Waals surface area contributed by atoms with E-state index in [-0.39, 0.29) is 12.5 Å². The summed E-state index contributed by atoms with van der Waals surface area (Å²) in [5.74, 6) is -0.466. The predicted octanol–water partition coefficient (Wildman–Crippen LogP) is -0.715. The molecular weight excluding hydrogens is 186 g/mol. The van der Waals surface area contributed by atoms with Crippen LogP contribution in [0, 0.1) is 0 Å². The van der Waals surface area contributed by atoms with Gasteiger partial charge in [0.1, 0.15) is 5.54 Å². The van der Waals surface area contributed by atoms with Gasteiger partial charge in [-0.1, -0.05) is 0 Å². The highest BCUT2D eigenvalue weighted by Gasteiger charge is 2.57. The van der Waals surface area contributed by atoms with Crippen LogP contribution in [0.4, 0.5) is 0 Å². The molecule has 2 atom stereocenters. The first-order valence-electron chi connectivity index (χ1n) is 4.67. The second-order valence-corrected chi connectivity index (χ2v) is 3.89. The number of carbonyl (C=O) groups excluding carboxylic acids is 2. The number of β-amino-alcohol motifs (C(OH)–C–C–N with tert-alkyl or cyclic N) is 1. The molecule has 2 unspecified atom stereocenters. The van der Waals surface area contributed by atoms with Crippen molar-refractivity contribution in [3.05, 3.63) is 0 Å². The van der Waals surface area contributed by atoms with Gasteiger partial charge in [-0.05, 0) is 6.42 Å². The summed E-state index contributed by atoms with van der Waals surface area (Å²) in [5.41, 5.74) is -0.870. The first-order chi connectivity index (χ1) is 6.60. The molecule has 5 heteroatoms. The SMILES string of the molecule is COC(=O)C12CCC(=O)N1CC(O)C2. The van der Waals surface area contributed by atoms with Gasteiger partial charge in [0.05, 0.1) is 13.2 Å². The van der Waals surface area contributed by atoms with Crippen LogP contribution in [-0.4, -0.2) is 47.2 Å². The normalized spacial score (nSPS) is 36.0. The van der Waals surface area contributed by atoms with Gasteiger partial charge in [-0.3, -0.25) is 4.79 Å². The van der Waals surface area contributed by atoms with Crippen LogP contribution in [0.1, 0.15) is 19.3 Å². The smallest absolute Gasteiger partial charge is 0.331 e. The van der Waals surface area contributed by atoms with Crippen molar-refractivity contribution in [1.82, 2.24) is 4.90 Å². The van der Waals surface area contributed by atoms with E-state index in [1.165, 1.54) is 12.0 Å². The summed E-state index contributed by atoms with van der Waals surface area (Å²) in [7, 11) is 1.31. The Morgan fingerprint density at radius 3 is 3.07 bits per heavy atom. The van der Waals surface area contributed by atoms with Gasteiger partial charge in [-0.25, -0.2) is 4.79 Å². The topological polar surface area (TPSA) is 66.8 Å². The van der Waals surface area contributed by atoms with Gasteiger partial charge < -0.3 is 14.7 Å². The Morgan fingerprint density at radius 1 is 1.71 bits per heavy atom. The number of fused-ring (bicyclic) bond motifs is 1. The van der Waals surface area contributed by atoms with Gasteiger partial charge >= 0.3 is 5.97 Å². The molecule has 2 aliphatic heterocycles. The lowest BCUT2D eigenvalue weighted by Gasteiger charge is -2.28. The molecule has 0 spiro atoms. The lowest BCUT2D eigenvalue weighted by atomic mass is 9.93. The number of hydrogen-bond acceptors (Lipinski definition) is 4. The van der Waals surface area contributed by atoms with E-state index < -0.39 is 17.6 Å². The zero-order valence-corrected chi connectivity index (χ0v) is 8.02. The van der Waals surface area contributed by atoms with E-state index >= 15 is 0 Å². The number of rotatable bonds is 1. The Balaban J connectivity index is 2.31. The minimum Gasteiger partial charge on any atom is -0.467 e. The number of aliphatic hydroxyl groups is 1. The van der Waals surface area contributed by atoms with Crippen LogP contribution in [0.25, 0.3) is 0 Å². The summed E-state index contributed by atoms with van der Waals surface area (Å²) < 4.78 is 4.69. The number of nitrogens with zero attached hydrogens (tertiary/aromatic N) is 1. The monoisotopic (exact) mass is 199 g/mol. The quantitative estimate of drug-likeness (QED) is 0.566. The van der Waals surface area contributed by atoms with Gasteiger partial charge in [0.25, 0.3) is 0 Å². The Morgan fingerprint density at radius 2 is 2.43 bits per heavy atom. The molecule has 0 saturated carbocycles. The van der Waals surface area contributed by atoms with E-state index in [1.54, 1.807) is 0 Å². The van der Waals surface area contributed by atoms with Crippen molar-refractivity contribution < 1.29 is 19.4 Å². The fraction of sp³-hybridized carbons (Fsp3) is 0.778. The average molecular weight is 199 g/mol. The molecule has 2 heterocycles. The minimum absolute atomic E-state index is 0.0630. The third-order valence-electron chi connectivity index (χ3n) is 3.10. The summed E-state index contributed by atoms with van der Waals surface area (Å²) in [5, 5.41) is 9.46. The fourth-order valence-electron chi connectivity index (χ4n) is 2.46. The molecule has 2 aliphatic rings. The number of hydrogen-bond donors (Lipinski definition) is 1. The molecular formula is C9H13NO4. The Hall–Kier alpha value is -1.10. The van der Waals surface area contributed by atoms with Gasteiger partial charge in [-0.15, -0.1) is 0 Å². The second-order valence-electron chi connectivity index (χ2n) is 3.89. The third-order valence-corrected chi connectivity index (χ3v) is 3.10. The molecule has 0 aromatic rings. The molecule has 2 fully saturated rings. The highest BCUT2D eigenvalue weighted by Crippen LogP contribution is 2.40. The van der Waals surface area contributed by atoms with Crippen LogP contribution in [0.5, 0.6) is 0 Å². The molecule has 78 valence electrons. The van der Waals surface area contributed by atoms with Crippen molar-refractivity contribution >= 4 is 11.9 Å². The van der Waals surface area contributed by atoms with E-state index in [9.17, 15) is 14.7 Å². The Kier molecular flexibility index (Phi) is 1.99. The minimum atomic E-state index is -0.870. The maximum Gasteiger partial charge on any atom is 0.331 e. The van der Waals surface area contributed by atoms with E-state index in [4.69, 9.17) is 4.74 Å². The maximum atomic E-state index is 11.6. The summed E-state index contributed by atoms with van der Waals surface area (Å²) in [6.07, 6.45) is 0.557. The van der Waals surface area contributed by atoms with Gasteiger partial charge in [-0.2, -0.15) is 0 Å². The third kappa shape index (κ3) is 1.05. The molecule has 0 bridgehead atoms. The lowest BCUT2D eigenvalue weighted by Crippen LogP contribution is -2.47. The molecule has 0 aromatic carbocycles. The van der Waals surface area contributed by atoms with Crippen LogP contribution in [0.2, 0.25) is 0 Å². The van der Waals surface area contributed by atoms with Crippen LogP contribution >= 0.6 is 0 Å². The fourth-order valence-corrected chi connectivity index (χ4v) is 2.46. The molecule has 14 heavy (non-hydrogen) atoms. The van der Waals surface area contributed by atoms with Crippen molar-refractivity contribution in [3.8, 4) is 0 Å². The standard InChI is InChI=1S/C9H13NO4/c1-14-8(13)9-3-2-7(12)10(9)5-6(11)4-9/h6,11H,2-5H2,1H3. The van der Waals surface area contributed by atoms with Crippen molar-refractivity contribution in [3.63, 3.8) is 0 Å². The summed E-state index contributed by atoms with van der Waals surface area (Å²) >= 11 is 0. The molecule has 0 radical (unpaired) electrons. The number of ether oxygens (including phenoxy) is 1. The van der Waals surface area contributed by atoms with E-state index in [0.29, 0.717) is 19.3 Å². The van der Waals surface area contributed by atoms with Crippen LogP contribution in [0.15, 0.2) is 0 Å². The van der Waals surface area contributed by atoms with Crippen molar-refractivity contribution in [2.24, 2.45) is 0 Å². The number of carbonyl (C=O) groups is 2. The van der Waals surface area contributed by atoms with E-state index in [1.807, 2.05) is 0 Å². The Bertz CT molecular complexity index is 291. The lowest BCUT2D eigenvalue weighted by molar-refractivity contribution is -0.155. The number of esters is 1. The molecule has 2 saturated heterocycles. The van der Waals surface area contributed by atoms with Crippen molar-refractivity contribution in [2.75, 3.05) is 13.7 Å². The summed E-state index contributed by atoms with van der Waals surface area (Å²) in [4.78, 5) is 24.5. The second kappa shape index (κ2) is 2.95.